The Labute approximate surface area is 210 Å². The molecule has 5 N–H and O–H groups in total. The molecule has 35 heavy (non-hydrogen) atoms. The molecule has 0 heterocycles. The van der Waals surface area contributed by atoms with Crippen LogP contribution in [-0.2, 0) is 16.1 Å². The first-order valence-electron chi connectivity index (χ1n) is 10.4. The summed E-state index contributed by atoms with van der Waals surface area (Å²) in [4.78, 5) is 48.9. The zero-order valence-electron chi connectivity index (χ0n) is 18.2. The van der Waals surface area contributed by atoms with Crippen LogP contribution in [-0.4, -0.2) is 46.5 Å². The van der Waals surface area contributed by atoms with Crippen molar-refractivity contribution in [3.63, 3.8) is 0 Å². The summed E-state index contributed by atoms with van der Waals surface area (Å²) >= 11 is 12.4. The van der Waals surface area contributed by atoms with Crippen molar-refractivity contribution >= 4 is 46.9 Å². The van der Waals surface area contributed by atoms with Crippen LogP contribution in [0.3, 0.4) is 0 Å². The van der Waals surface area contributed by atoms with Crippen molar-refractivity contribution in [2.24, 2.45) is 0 Å². The van der Waals surface area contributed by atoms with E-state index in [4.69, 9.17) is 23.2 Å². The van der Waals surface area contributed by atoms with E-state index < -0.39 is 29.7 Å². The van der Waals surface area contributed by atoms with Crippen molar-refractivity contribution in [3.8, 4) is 5.75 Å². The topological polar surface area (TPSA) is 145 Å². The number of carbonyl (C=O) groups is 4. The van der Waals surface area contributed by atoms with E-state index in [0.717, 1.165) is 0 Å². The standard InChI is InChI=1S/C24H21Cl2N3O6/c25-17-9-15(22(32)27-11-13-4-3-7-16(30)8-13)10-18(26)20(17)23(33)29-19(24(34)35)12-28-21(31)14-5-1-2-6-14/h1-5,7-10,19,30H,6,11-12H2,(H,27,32)(H,28,31)(H,29,33)(H,34,35)/t19-/m0/s1. The molecular weight excluding hydrogens is 497 g/mol. The van der Waals surface area contributed by atoms with Crippen molar-refractivity contribution in [2.45, 2.75) is 19.0 Å². The van der Waals surface area contributed by atoms with Crippen LogP contribution in [0.15, 0.2) is 60.2 Å². The highest BCUT2D eigenvalue weighted by atomic mass is 35.5. The molecule has 11 heteroatoms. The second-order valence-corrected chi connectivity index (χ2v) is 8.38. The van der Waals surface area contributed by atoms with Crippen molar-refractivity contribution in [3.05, 3.63) is 86.9 Å². The molecule has 2 aromatic carbocycles. The van der Waals surface area contributed by atoms with Gasteiger partial charge in [-0.05, 0) is 36.2 Å². The van der Waals surface area contributed by atoms with E-state index >= 15 is 0 Å². The number of hydrogen-bond donors (Lipinski definition) is 5. The van der Waals surface area contributed by atoms with Gasteiger partial charge in [0.2, 0.25) is 5.91 Å². The molecule has 1 atom stereocenters. The Morgan fingerprint density at radius 2 is 1.69 bits per heavy atom. The Balaban J connectivity index is 1.65. The van der Waals surface area contributed by atoms with E-state index in [-0.39, 0.29) is 40.0 Å². The Hall–Kier alpha value is -3.82. The van der Waals surface area contributed by atoms with Gasteiger partial charge in [-0.3, -0.25) is 14.4 Å². The largest absolute Gasteiger partial charge is 0.508 e. The quantitative estimate of drug-likeness (QED) is 0.345. The van der Waals surface area contributed by atoms with Crippen LogP contribution in [0.4, 0.5) is 0 Å². The zero-order valence-corrected chi connectivity index (χ0v) is 19.7. The van der Waals surface area contributed by atoms with Gasteiger partial charge in [-0.1, -0.05) is 53.6 Å². The first kappa shape index (κ1) is 25.8. The van der Waals surface area contributed by atoms with Crippen LogP contribution >= 0.6 is 23.2 Å². The van der Waals surface area contributed by atoms with E-state index in [2.05, 4.69) is 16.0 Å². The number of carboxylic acids is 1. The summed E-state index contributed by atoms with van der Waals surface area (Å²) in [6.45, 7) is -0.230. The lowest BCUT2D eigenvalue weighted by molar-refractivity contribution is -0.139. The van der Waals surface area contributed by atoms with E-state index in [1.54, 1.807) is 30.4 Å². The number of rotatable bonds is 9. The fourth-order valence-corrected chi connectivity index (χ4v) is 3.89. The van der Waals surface area contributed by atoms with Crippen LogP contribution in [0.1, 0.15) is 32.7 Å². The molecule has 2 aromatic rings. The van der Waals surface area contributed by atoms with Crippen LogP contribution in [0.25, 0.3) is 0 Å². The van der Waals surface area contributed by atoms with Gasteiger partial charge in [0.15, 0.2) is 0 Å². The predicted octanol–water partition coefficient (Wildman–Crippen LogP) is 2.81. The Kier molecular flexibility index (Phi) is 8.51. The lowest BCUT2D eigenvalue weighted by Crippen LogP contribution is -2.48. The van der Waals surface area contributed by atoms with Gasteiger partial charge in [0, 0.05) is 24.2 Å². The van der Waals surface area contributed by atoms with Gasteiger partial charge in [0.1, 0.15) is 11.8 Å². The third-order valence-corrected chi connectivity index (χ3v) is 5.62. The molecule has 0 radical (unpaired) electrons. The average Bonchev–Trinajstić information content (AvgIpc) is 3.34. The maximum absolute atomic E-state index is 12.7. The maximum atomic E-state index is 12.7. The number of phenolic OH excluding ortho intramolecular Hbond substituents is 1. The molecule has 0 unspecified atom stereocenters. The third-order valence-electron chi connectivity index (χ3n) is 5.03. The monoisotopic (exact) mass is 517 g/mol. The normalized spacial score (nSPS) is 13.0. The number of amides is 3. The van der Waals surface area contributed by atoms with Crippen molar-refractivity contribution in [1.29, 1.82) is 0 Å². The molecule has 0 aliphatic heterocycles. The molecule has 0 spiro atoms. The van der Waals surface area contributed by atoms with E-state index in [0.29, 0.717) is 17.6 Å². The first-order valence-corrected chi connectivity index (χ1v) is 11.1. The average molecular weight is 518 g/mol. The Morgan fingerprint density at radius 3 is 2.29 bits per heavy atom. The van der Waals surface area contributed by atoms with E-state index in [1.807, 2.05) is 0 Å². The Bertz CT molecular complexity index is 1220. The maximum Gasteiger partial charge on any atom is 0.328 e. The molecule has 0 saturated carbocycles. The first-order chi connectivity index (χ1) is 16.7. The summed E-state index contributed by atoms with van der Waals surface area (Å²) in [5.41, 5.74) is 1.01. The number of benzene rings is 2. The third kappa shape index (κ3) is 6.84. The fraction of sp³-hybridized carbons (Fsp3) is 0.167. The molecule has 9 nitrogen and oxygen atoms in total. The molecule has 182 valence electrons. The minimum absolute atomic E-state index is 0.0602. The lowest BCUT2D eigenvalue weighted by atomic mass is 10.1. The minimum atomic E-state index is -1.45. The number of nitrogens with one attached hydrogen (secondary N) is 3. The number of carbonyl (C=O) groups excluding carboxylic acids is 3. The number of aromatic hydroxyl groups is 1. The summed E-state index contributed by atoms with van der Waals surface area (Å²) in [6, 6.07) is 7.37. The van der Waals surface area contributed by atoms with Gasteiger partial charge in [0.25, 0.3) is 11.8 Å². The number of allylic oxidation sites excluding steroid dienone is 3. The number of halogens is 2. The zero-order chi connectivity index (χ0) is 25.5. The molecule has 3 amide bonds. The Morgan fingerprint density at radius 1 is 0.971 bits per heavy atom. The SMILES string of the molecule is O=C(NC[C@H](NC(=O)c1c(Cl)cc(C(=O)NCc2cccc(O)c2)cc1Cl)C(=O)O)C1=CC=CC1. The predicted molar refractivity (Wildman–Crippen MR) is 129 cm³/mol. The molecule has 1 aliphatic rings. The summed E-state index contributed by atoms with van der Waals surface area (Å²) in [5, 5.41) is 26.0. The number of carboxylic acid groups (broad SMARTS) is 1. The molecule has 0 aromatic heterocycles. The highest BCUT2D eigenvalue weighted by Gasteiger charge is 2.25. The summed E-state index contributed by atoms with van der Waals surface area (Å²) in [7, 11) is 0. The van der Waals surface area contributed by atoms with Crippen molar-refractivity contribution in [2.75, 3.05) is 6.54 Å². The van der Waals surface area contributed by atoms with Gasteiger partial charge in [0.05, 0.1) is 15.6 Å². The van der Waals surface area contributed by atoms with Crippen molar-refractivity contribution < 1.29 is 29.4 Å². The molecular formula is C24H21Cl2N3O6. The van der Waals surface area contributed by atoms with Gasteiger partial charge >= 0.3 is 5.97 Å². The van der Waals surface area contributed by atoms with E-state index in [9.17, 15) is 29.4 Å². The summed E-state index contributed by atoms with van der Waals surface area (Å²) in [6.07, 6.45) is 5.55. The molecule has 0 saturated heterocycles. The molecule has 3 rings (SSSR count). The van der Waals surface area contributed by atoms with Gasteiger partial charge in [-0.25, -0.2) is 4.79 Å². The van der Waals surface area contributed by atoms with Crippen LogP contribution in [0.5, 0.6) is 5.75 Å². The number of aliphatic carboxylic acids is 1. The van der Waals surface area contributed by atoms with Gasteiger partial charge in [-0.15, -0.1) is 0 Å². The second-order valence-electron chi connectivity index (χ2n) is 7.57. The molecule has 1 aliphatic carbocycles. The number of hydrogen-bond acceptors (Lipinski definition) is 5. The van der Waals surface area contributed by atoms with Gasteiger partial charge < -0.3 is 26.2 Å². The van der Waals surface area contributed by atoms with Crippen LogP contribution in [0.2, 0.25) is 10.0 Å². The molecule has 0 bridgehead atoms. The molecule has 0 fully saturated rings. The summed E-state index contributed by atoms with van der Waals surface area (Å²) < 4.78 is 0. The lowest BCUT2D eigenvalue weighted by Gasteiger charge is -2.17. The minimum Gasteiger partial charge on any atom is -0.508 e. The van der Waals surface area contributed by atoms with Crippen LogP contribution < -0.4 is 16.0 Å². The highest BCUT2D eigenvalue weighted by Crippen LogP contribution is 2.27. The fourth-order valence-electron chi connectivity index (χ4n) is 3.23. The van der Waals surface area contributed by atoms with E-state index in [1.165, 1.54) is 24.3 Å². The summed E-state index contributed by atoms with van der Waals surface area (Å²) in [5.74, 6) is -3.15. The smallest absolute Gasteiger partial charge is 0.328 e. The highest BCUT2D eigenvalue weighted by molar-refractivity contribution is 6.40. The second kappa shape index (κ2) is 11.5. The van der Waals surface area contributed by atoms with Gasteiger partial charge in [-0.2, -0.15) is 0 Å². The number of phenols is 1. The van der Waals surface area contributed by atoms with Crippen molar-refractivity contribution in [1.82, 2.24) is 16.0 Å². The van der Waals surface area contributed by atoms with Crippen LogP contribution in [0, 0.1) is 0 Å².